The fourth-order valence-electron chi connectivity index (χ4n) is 3.94. The molecule has 0 spiro atoms. The Morgan fingerprint density at radius 1 is 0.806 bits per heavy atom. The average Bonchev–Trinajstić information content (AvgIpc) is 3.38. The van der Waals surface area contributed by atoms with Crippen LogP contribution in [0.3, 0.4) is 0 Å². The molecule has 0 amide bonds. The molecule has 0 fully saturated rings. The molecule has 3 aromatic carbocycles. The molecule has 1 aliphatic rings. The molecular weight excluding hydrogens is 400 g/mol. The number of hydrogen-bond acceptors (Lipinski definition) is 3. The Kier molecular flexibility index (Phi) is 5.34. The molecule has 5 rings (SSSR count). The molecule has 3 heteroatoms. The second-order valence-corrected chi connectivity index (χ2v) is 8.26. The number of carbonyl (C=O) groups excluding carboxylic acids is 1. The first-order valence-electron chi connectivity index (χ1n) is 10.2. The van der Waals surface area contributed by atoms with Gasteiger partial charge in [-0.2, -0.15) is 0 Å². The van der Waals surface area contributed by atoms with Crippen molar-refractivity contribution in [2.75, 3.05) is 0 Å². The lowest BCUT2D eigenvalue weighted by atomic mass is 9.81. The van der Waals surface area contributed by atoms with Gasteiger partial charge in [-0.05, 0) is 29.2 Å². The van der Waals surface area contributed by atoms with Crippen molar-refractivity contribution >= 4 is 22.9 Å². The molecule has 0 bridgehead atoms. The number of rotatable bonds is 5. The molecule has 1 atom stereocenters. The van der Waals surface area contributed by atoms with Crippen molar-refractivity contribution in [3.63, 3.8) is 0 Å². The minimum absolute atomic E-state index is 0.000539. The summed E-state index contributed by atoms with van der Waals surface area (Å²) < 4.78 is 6.43. The SMILES string of the molecule is O=C(/C=C/C1=C(c2ccccc2)Oc2ccccc2[C@H]1c1ccccc1)c1cccs1. The van der Waals surface area contributed by atoms with Crippen LogP contribution in [0, 0.1) is 0 Å². The van der Waals surface area contributed by atoms with Gasteiger partial charge < -0.3 is 4.74 Å². The van der Waals surface area contributed by atoms with Crippen molar-refractivity contribution in [3.05, 3.63) is 142 Å². The van der Waals surface area contributed by atoms with Crippen molar-refractivity contribution in [2.45, 2.75) is 5.92 Å². The molecule has 1 aromatic heterocycles. The van der Waals surface area contributed by atoms with E-state index in [0.717, 1.165) is 38.6 Å². The second-order valence-electron chi connectivity index (χ2n) is 7.31. The highest BCUT2D eigenvalue weighted by Crippen LogP contribution is 2.46. The standard InChI is InChI=1S/C28H20O2S/c29-24(26-16-9-19-31-26)18-17-23-27(20-10-3-1-4-11-20)22-14-7-8-15-25(22)30-28(23)21-12-5-2-6-13-21/h1-19,27H/b18-17+/t27-/m1/s1. The topological polar surface area (TPSA) is 26.3 Å². The van der Waals surface area contributed by atoms with E-state index >= 15 is 0 Å². The van der Waals surface area contributed by atoms with Crippen LogP contribution in [0.15, 0.2) is 120 Å². The summed E-state index contributed by atoms with van der Waals surface area (Å²) in [5, 5.41) is 1.92. The van der Waals surface area contributed by atoms with E-state index in [-0.39, 0.29) is 11.7 Å². The number of benzene rings is 3. The van der Waals surface area contributed by atoms with Gasteiger partial charge in [0.05, 0.1) is 4.88 Å². The first kappa shape index (κ1) is 19.3. The summed E-state index contributed by atoms with van der Waals surface area (Å²) in [6, 6.07) is 32.3. The zero-order valence-corrected chi connectivity index (χ0v) is 17.6. The fourth-order valence-corrected chi connectivity index (χ4v) is 4.58. The van der Waals surface area contributed by atoms with Crippen LogP contribution in [-0.4, -0.2) is 5.78 Å². The Balaban J connectivity index is 1.70. The molecule has 31 heavy (non-hydrogen) atoms. The quantitative estimate of drug-likeness (QED) is 0.254. The molecule has 4 aromatic rings. The monoisotopic (exact) mass is 420 g/mol. The van der Waals surface area contributed by atoms with Crippen LogP contribution in [0.5, 0.6) is 5.75 Å². The Hall–Kier alpha value is -3.69. The van der Waals surface area contributed by atoms with E-state index < -0.39 is 0 Å². The summed E-state index contributed by atoms with van der Waals surface area (Å²) in [6.07, 6.45) is 3.59. The van der Waals surface area contributed by atoms with E-state index in [0.29, 0.717) is 0 Å². The maximum absolute atomic E-state index is 12.7. The van der Waals surface area contributed by atoms with Crippen LogP contribution < -0.4 is 4.74 Å². The molecule has 0 saturated carbocycles. The number of ether oxygens (including phenoxy) is 1. The van der Waals surface area contributed by atoms with Gasteiger partial charge in [0.25, 0.3) is 0 Å². The number of para-hydroxylation sites is 1. The number of thiophene rings is 1. The molecule has 2 nitrogen and oxygen atoms in total. The normalized spacial score (nSPS) is 15.5. The van der Waals surface area contributed by atoms with Crippen LogP contribution in [-0.2, 0) is 0 Å². The van der Waals surface area contributed by atoms with Crippen molar-refractivity contribution in [3.8, 4) is 5.75 Å². The third-order valence-corrected chi connectivity index (χ3v) is 6.25. The number of allylic oxidation sites excluding steroid dienone is 3. The highest BCUT2D eigenvalue weighted by molar-refractivity contribution is 7.12. The molecule has 0 N–H and O–H groups in total. The van der Waals surface area contributed by atoms with Crippen molar-refractivity contribution < 1.29 is 9.53 Å². The molecule has 0 radical (unpaired) electrons. The fraction of sp³-hybridized carbons (Fsp3) is 0.0357. The average molecular weight is 421 g/mol. The minimum atomic E-state index is -0.0336. The lowest BCUT2D eigenvalue weighted by molar-refractivity contribution is 0.105. The van der Waals surface area contributed by atoms with Crippen molar-refractivity contribution in [1.29, 1.82) is 0 Å². The van der Waals surface area contributed by atoms with E-state index in [2.05, 4.69) is 18.2 Å². The second kappa shape index (κ2) is 8.58. The van der Waals surface area contributed by atoms with E-state index in [4.69, 9.17) is 4.74 Å². The van der Waals surface area contributed by atoms with Gasteiger partial charge in [0.2, 0.25) is 0 Å². The Bertz CT molecular complexity index is 1250. The molecule has 150 valence electrons. The Labute approximate surface area is 185 Å². The predicted octanol–water partition coefficient (Wildman–Crippen LogP) is 7.12. The molecule has 1 aliphatic heterocycles. The van der Waals surface area contributed by atoms with Crippen LogP contribution in [0.1, 0.15) is 32.3 Å². The lowest BCUT2D eigenvalue weighted by Crippen LogP contribution is -2.15. The molecule has 2 heterocycles. The van der Waals surface area contributed by atoms with Gasteiger partial charge in [0.1, 0.15) is 11.5 Å². The lowest BCUT2D eigenvalue weighted by Gasteiger charge is -2.30. The Morgan fingerprint density at radius 3 is 2.26 bits per heavy atom. The van der Waals surface area contributed by atoms with Crippen LogP contribution in [0.4, 0.5) is 0 Å². The highest BCUT2D eigenvalue weighted by Gasteiger charge is 2.30. The van der Waals surface area contributed by atoms with Crippen molar-refractivity contribution in [2.24, 2.45) is 0 Å². The molecule has 0 unspecified atom stereocenters. The summed E-state index contributed by atoms with van der Waals surface area (Å²) >= 11 is 1.45. The van der Waals surface area contributed by atoms with Gasteiger partial charge in [-0.1, -0.05) is 91.0 Å². The number of carbonyl (C=O) groups is 1. The van der Waals surface area contributed by atoms with Gasteiger partial charge in [-0.25, -0.2) is 0 Å². The summed E-state index contributed by atoms with van der Waals surface area (Å²) in [4.78, 5) is 13.5. The van der Waals surface area contributed by atoms with Crippen molar-refractivity contribution in [1.82, 2.24) is 0 Å². The van der Waals surface area contributed by atoms with Crippen LogP contribution >= 0.6 is 11.3 Å². The minimum Gasteiger partial charge on any atom is -0.456 e. The number of hydrogen-bond donors (Lipinski definition) is 0. The highest BCUT2D eigenvalue weighted by atomic mass is 32.1. The maximum atomic E-state index is 12.7. The first-order chi connectivity index (χ1) is 15.3. The predicted molar refractivity (Wildman–Crippen MR) is 127 cm³/mol. The van der Waals surface area contributed by atoms with Gasteiger partial charge in [-0.15, -0.1) is 11.3 Å². The zero-order valence-electron chi connectivity index (χ0n) is 16.8. The summed E-state index contributed by atoms with van der Waals surface area (Å²) in [7, 11) is 0. The van der Waals surface area contributed by atoms with E-state index in [9.17, 15) is 4.79 Å². The van der Waals surface area contributed by atoms with Crippen LogP contribution in [0.2, 0.25) is 0 Å². The molecule has 0 saturated heterocycles. The third-order valence-electron chi connectivity index (χ3n) is 5.36. The summed E-state index contributed by atoms with van der Waals surface area (Å²) in [5.74, 6) is 1.59. The molecular formula is C28H20O2S. The van der Waals surface area contributed by atoms with Crippen LogP contribution in [0.25, 0.3) is 5.76 Å². The van der Waals surface area contributed by atoms with E-state index in [1.165, 1.54) is 11.3 Å². The first-order valence-corrected chi connectivity index (χ1v) is 11.1. The third kappa shape index (κ3) is 3.88. The van der Waals surface area contributed by atoms with Gasteiger partial charge in [0, 0.05) is 22.6 Å². The number of fused-ring (bicyclic) bond motifs is 1. The smallest absolute Gasteiger partial charge is 0.195 e. The van der Waals surface area contributed by atoms with Gasteiger partial charge >= 0.3 is 0 Å². The number of ketones is 1. The maximum Gasteiger partial charge on any atom is 0.195 e. The molecule has 0 aliphatic carbocycles. The Morgan fingerprint density at radius 2 is 1.52 bits per heavy atom. The summed E-state index contributed by atoms with van der Waals surface area (Å²) in [6.45, 7) is 0. The largest absolute Gasteiger partial charge is 0.456 e. The zero-order chi connectivity index (χ0) is 21.0. The van der Waals surface area contributed by atoms with E-state index in [1.54, 1.807) is 6.08 Å². The summed E-state index contributed by atoms with van der Waals surface area (Å²) in [5.41, 5.74) is 4.22. The van der Waals surface area contributed by atoms with Gasteiger partial charge in [-0.3, -0.25) is 4.79 Å². The van der Waals surface area contributed by atoms with Gasteiger partial charge in [0.15, 0.2) is 5.78 Å². The van der Waals surface area contributed by atoms with E-state index in [1.807, 2.05) is 90.3 Å².